The lowest BCUT2D eigenvalue weighted by molar-refractivity contribution is -0.130. The number of nitrogens with zero attached hydrogens (tertiary/aromatic N) is 2. The summed E-state index contributed by atoms with van der Waals surface area (Å²) in [7, 11) is 0. The van der Waals surface area contributed by atoms with Crippen molar-refractivity contribution in [3.8, 4) is 6.07 Å². The molecular weight excluding hydrogens is 288 g/mol. The van der Waals surface area contributed by atoms with Crippen LogP contribution in [0, 0.1) is 23.2 Å². The average Bonchev–Trinajstić information content (AvgIpc) is 3.23. The monoisotopic (exact) mass is 318 g/mol. The molecule has 128 valence electrons. The first-order chi connectivity index (χ1) is 11.1. The molecule has 2 saturated carbocycles. The van der Waals surface area contributed by atoms with E-state index in [2.05, 4.69) is 18.3 Å². The van der Waals surface area contributed by atoms with Gasteiger partial charge in [0.1, 0.15) is 6.04 Å². The average molecular weight is 318 g/mol. The molecular formula is C18H30N4O. The maximum Gasteiger partial charge on any atom is 0.237 e. The molecule has 1 heterocycles. The summed E-state index contributed by atoms with van der Waals surface area (Å²) in [6.45, 7) is 3.32. The summed E-state index contributed by atoms with van der Waals surface area (Å²) in [5.41, 5.74) is 6.36. The van der Waals surface area contributed by atoms with Gasteiger partial charge in [0.25, 0.3) is 0 Å². The Labute approximate surface area is 139 Å². The van der Waals surface area contributed by atoms with Crippen molar-refractivity contribution in [1.29, 1.82) is 5.26 Å². The van der Waals surface area contributed by atoms with E-state index in [0.29, 0.717) is 18.4 Å². The molecule has 3 rings (SSSR count). The highest BCUT2D eigenvalue weighted by molar-refractivity contribution is 5.79. The molecule has 0 aromatic carbocycles. The van der Waals surface area contributed by atoms with E-state index in [1.165, 1.54) is 25.7 Å². The molecule has 5 heteroatoms. The standard InChI is InChI=1S/C18H30N4O/c1-2-3-5-14-8-13-9-18(14,10-16(13)20)21-12-17(23)22-7-4-6-15(22)11-19/h13-16,21H,2-10,12,20H2,1H3/t13?,14?,15-,16?,18?/m0/s1. The van der Waals surface area contributed by atoms with Crippen molar-refractivity contribution in [2.45, 2.75) is 75.9 Å². The molecule has 1 aliphatic heterocycles. The van der Waals surface area contributed by atoms with Gasteiger partial charge in [-0.25, -0.2) is 0 Å². The molecule has 3 fully saturated rings. The minimum atomic E-state index is -0.222. The van der Waals surface area contributed by atoms with Crippen LogP contribution < -0.4 is 11.1 Å². The second-order valence-corrected chi connectivity index (χ2v) is 7.79. The van der Waals surface area contributed by atoms with E-state index in [0.717, 1.165) is 32.2 Å². The topological polar surface area (TPSA) is 82.2 Å². The second kappa shape index (κ2) is 6.78. The maximum atomic E-state index is 12.5. The number of likely N-dealkylation sites (tertiary alicyclic amines) is 1. The Morgan fingerprint density at radius 1 is 1.48 bits per heavy atom. The summed E-state index contributed by atoms with van der Waals surface area (Å²) in [6, 6.07) is 2.32. The van der Waals surface area contributed by atoms with Crippen molar-refractivity contribution in [1.82, 2.24) is 10.2 Å². The van der Waals surface area contributed by atoms with E-state index >= 15 is 0 Å². The van der Waals surface area contributed by atoms with Crippen LogP contribution in [-0.2, 0) is 4.79 Å². The number of nitrogens with two attached hydrogens (primary N) is 1. The maximum absolute atomic E-state index is 12.5. The first-order valence-electron chi connectivity index (χ1n) is 9.29. The largest absolute Gasteiger partial charge is 0.327 e. The Balaban J connectivity index is 1.61. The molecule has 0 radical (unpaired) electrons. The highest BCUT2D eigenvalue weighted by atomic mass is 16.2. The zero-order chi connectivity index (χ0) is 16.4. The summed E-state index contributed by atoms with van der Waals surface area (Å²) < 4.78 is 0. The van der Waals surface area contributed by atoms with E-state index in [-0.39, 0.29) is 23.5 Å². The van der Waals surface area contributed by atoms with Gasteiger partial charge in [0.15, 0.2) is 0 Å². The van der Waals surface area contributed by atoms with Gasteiger partial charge in [-0.2, -0.15) is 5.26 Å². The Kier molecular flexibility index (Phi) is 4.93. The predicted molar refractivity (Wildman–Crippen MR) is 89.4 cm³/mol. The molecule has 1 saturated heterocycles. The van der Waals surface area contributed by atoms with Crippen LogP contribution in [0.3, 0.4) is 0 Å². The van der Waals surface area contributed by atoms with Crippen LogP contribution in [0.25, 0.3) is 0 Å². The van der Waals surface area contributed by atoms with Gasteiger partial charge in [-0.05, 0) is 50.4 Å². The van der Waals surface area contributed by atoms with E-state index in [4.69, 9.17) is 11.0 Å². The van der Waals surface area contributed by atoms with Crippen molar-refractivity contribution < 1.29 is 4.79 Å². The van der Waals surface area contributed by atoms with Gasteiger partial charge in [0.05, 0.1) is 12.6 Å². The zero-order valence-corrected chi connectivity index (χ0v) is 14.3. The minimum Gasteiger partial charge on any atom is -0.327 e. The summed E-state index contributed by atoms with van der Waals surface area (Å²) in [5.74, 6) is 1.37. The molecule has 2 aliphatic carbocycles. The van der Waals surface area contributed by atoms with Gasteiger partial charge < -0.3 is 16.0 Å². The van der Waals surface area contributed by atoms with E-state index in [1.54, 1.807) is 4.90 Å². The van der Waals surface area contributed by atoms with Gasteiger partial charge in [0.2, 0.25) is 5.91 Å². The lowest BCUT2D eigenvalue weighted by Crippen LogP contribution is -2.53. The second-order valence-electron chi connectivity index (χ2n) is 7.79. The fourth-order valence-corrected chi connectivity index (χ4v) is 5.16. The Morgan fingerprint density at radius 2 is 2.30 bits per heavy atom. The molecule has 2 bridgehead atoms. The third kappa shape index (κ3) is 3.12. The lowest BCUT2D eigenvalue weighted by atomic mass is 9.78. The van der Waals surface area contributed by atoms with Gasteiger partial charge in [-0.1, -0.05) is 19.8 Å². The number of carbonyl (C=O) groups is 1. The van der Waals surface area contributed by atoms with Gasteiger partial charge in [-0.3, -0.25) is 4.79 Å². The number of rotatable bonds is 6. The molecule has 4 unspecified atom stereocenters. The number of nitrogens with one attached hydrogen (secondary N) is 1. The Morgan fingerprint density at radius 3 is 3.00 bits per heavy atom. The van der Waals surface area contributed by atoms with Crippen LogP contribution in [0.2, 0.25) is 0 Å². The van der Waals surface area contributed by atoms with Crippen LogP contribution in [0.1, 0.15) is 58.3 Å². The Hall–Kier alpha value is -1.12. The highest BCUT2D eigenvalue weighted by Gasteiger charge is 2.54. The van der Waals surface area contributed by atoms with Crippen molar-refractivity contribution >= 4 is 5.91 Å². The van der Waals surface area contributed by atoms with Crippen molar-refractivity contribution in [3.05, 3.63) is 0 Å². The van der Waals surface area contributed by atoms with Crippen LogP contribution in [0.4, 0.5) is 0 Å². The third-order valence-corrected chi connectivity index (χ3v) is 6.42. The highest BCUT2D eigenvalue weighted by Crippen LogP contribution is 2.52. The predicted octanol–water partition coefficient (Wildman–Crippen LogP) is 1.78. The number of hydrogen-bond acceptors (Lipinski definition) is 4. The fourth-order valence-electron chi connectivity index (χ4n) is 5.16. The molecule has 3 aliphatic rings. The molecule has 0 aromatic rings. The summed E-state index contributed by atoms with van der Waals surface area (Å²) >= 11 is 0. The normalized spacial score (nSPS) is 38.9. The zero-order valence-electron chi connectivity index (χ0n) is 14.3. The minimum absolute atomic E-state index is 0.0662. The lowest BCUT2D eigenvalue weighted by Gasteiger charge is -2.38. The molecule has 5 atom stereocenters. The van der Waals surface area contributed by atoms with Gasteiger partial charge in [-0.15, -0.1) is 0 Å². The first-order valence-corrected chi connectivity index (χ1v) is 9.29. The molecule has 0 aromatic heterocycles. The molecule has 5 nitrogen and oxygen atoms in total. The molecule has 0 spiro atoms. The Bertz CT molecular complexity index is 484. The number of unbranched alkanes of at least 4 members (excludes halogenated alkanes) is 1. The first kappa shape index (κ1) is 16.7. The van der Waals surface area contributed by atoms with Crippen molar-refractivity contribution in [2.24, 2.45) is 17.6 Å². The fraction of sp³-hybridized carbons (Fsp3) is 0.889. The quantitative estimate of drug-likeness (QED) is 0.782. The van der Waals surface area contributed by atoms with Gasteiger partial charge >= 0.3 is 0 Å². The van der Waals surface area contributed by atoms with Crippen molar-refractivity contribution in [3.63, 3.8) is 0 Å². The van der Waals surface area contributed by atoms with E-state index < -0.39 is 0 Å². The van der Waals surface area contributed by atoms with Crippen LogP contribution in [-0.4, -0.2) is 41.5 Å². The van der Waals surface area contributed by atoms with Gasteiger partial charge in [0, 0.05) is 18.1 Å². The SMILES string of the molecule is CCCCC1CC2CC1(NCC(=O)N1CCC[C@H]1C#N)CC2N. The van der Waals surface area contributed by atoms with Crippen LogP contribution in [0.15, 0.2) is 0 Å². The number of carbonyl (C=O) groups excluding carboxylic acids is 1. The number of fused-ring (bicyclic) bond motifs is 2. The third-order valence-electron chi connectivity index (χ3n) is 6.42. The summed E-state index contributed by atoms with van der Waals surface area (Å²) in [4.78, 5) is 14.3. The number of nitriles is 1. The van der Waals surface area contributed by atoms with Crippen LogP contribution >= 0.6 is 0 Å². The molecule has 1 amide bonds. The van der Waals surface area contributed by atoms with E-state index in [9.17, 15) is 4.79 Å². The summed E-state index contributed by atoms with van der Waals surface area (Å²) in [5, 5.41) is 12.8. The molecule has 23 heavy (non-hydrogen) atoms. The number of amides is 1. The smallest absolute Gasteiger partial charge is 0.237 e. The number of hydrogen-bond donors (Lipinski definition) is 2. The van der Waals surface area contributed by atoms with Crippen LogP contribution in [0.5, 0.6) is 0 Å². The summed E-state index contributed by atoms with van der Waals surface area (Å²) in [6.07, 6.45) is 8.82. The van der Waals surface area contributed by atoms with E-state index in [1.807, 2.05) is 0 Å². The molecule has 3 N–H and O–H groups in total. The van der Waals surface area contributed by atoms with Crippen molar-refractivity contribution in [2.75, 3.05) is 13.1 Å².